The van der Waals surface area contributed by atoms with Crippen LogP contribution in [0.1, 0.15) is 18.9 Å². The molecule has 1 atom stereocenters. The highest BCUT2D eigenvalue weighted by atomic mass is 35.5. The third kappa shape index (κ3) is 3.49. The third-order valence-electron chi connectivity index (χ3n) is 2.64. The molecule has 0 fully saturated rings. The highest BCUT2D eigenvalue weighted by Gasteiger charge is 2.23. The molecule has 1 aromatic carbocycles. The van der Waals surface area contributed by atoms with E-state index in [0.29, 0.717) is 6.61 Å². The first-order valence-electron chi connectivity index (χ1n) is 5.12. The van der Waals surface area contributed by atoms with Gasteiger partial charge in [0, 0.05) is 17.7 Å². The molecule has 0 aliphatic rings. The van der Waals surface area contributed by atoms with Crippen LogP contribution in [0.25, 0.3) is 0 Å². The van der Waals surface area contributed by atoms with Gasteiger partial charge in [0.25, 0.3) is 0 Å². The van der Waals surface area contributed by atoms with Crippen LogP contribution >= 0.6 is 11.6 Å². The molecular formula is C12H18ClNO. The van der Waals surface area contributed by atoms with Crippen LogP contribution in [0, 0.1) is 0 Å². The van der Waals surface area contributed by atoms with Crippen molar-refractivity contribution < 1.29 is 4.74 Å². The van der Waals surface area contributed by atoms with Crippen LogP contribution in [-0.4, -0.2) is 19.3 Å². The van der Waals surface area contributed by atoms with E-state index in [1.54, 1.807) is 7.11 Å². The Morgan fingerprint density at radius 1 is 1.40 bits per heavy atom. The maximum Gasteiger partial charge on any atom is 0.0645 e. The van der Waals surface area contributed by atoms with Crippen LogP contribution in [0.3, 0.4) is 0 Å². The molecule has 0 saturated heterocycles. The summed E-state index contributed by atoms with van der Waals surface area (Å²) in [6.45, 7) is 2.62. The van der Waals surface area contributed by atoms with Crippen molar-refractivity contribution in [3.05, 3.63) is 34.9 Å². The topological polar surface area (TPSA) is 35.2 Å². The molecule has 0 aliphatic heterocycles. The molecule has 0 spiro atoms. The second-order valence-electron chi connectivity index (χ2n) is 3.92. The lowest BCUT2D eigenvalue weighted by Gasteiger charge is -2.27. The van der Waals surface area contributed by atoms with Gasteiger partial charge in [-0.1, -0.05) is 36.7 Å². The van der Waals surface area contributed by atoms with E-state index >= 15 is 0 Å². The number of benzene rings is 1. The molecule has 0 radical (unpaired) electrons. The number of nitrogens with two attached hydrogens (primary N) is 1. The van der Waals surface area contributed by atoms with Crippen molar-refractivity contribution in [2.24, 2.45) is 5.73 Å². The van der Waals surface area contributed by atoms with Gasteiger partial charge >= 0.3 is 0 Å². The van der Waals surface area contributed by atoms with Gasteiger partial charge in [0.05, 0.1) is 6.61 Å². The van der Waals surface area contributed by atoms with Gasteiger partial charge in [-0.05, 0) is 24.5 Å². The summed E-state index contributed by atoms with van der Waals surface area (Å²) in [5.74, 6) is 0. The van der Waals surface area contributed by atoms with Crippen LogP contribution in [0.15, 0.2) is 24.3 Å². The molecule has 3 heteroatoms. The third-order valence-corrected chi connectivity index (χ3v) is 3.00. The highest BCUT2D eigenvalue weighted by molar-refractivity contribution is 6.31. The number of methoxy groups -OCH3 is 1. The van der Waals surface area contributed by atoms with Gasteiger partial charge in [-0.15, -0.1) is 0 Å². The largest absolute Gasteiger partial charge is 0.383 e. The Hall–Kier alpha value is -0.570. The van der Waals surface area contributed by atoms with Gasteiger partial charge in [0.15, 0.2) is 0 Å². The lowest BCUT2D eigenvalue weighted by molar-refractivity contribution is 0.129. The van der Waals surface area contributed by atoms with Crippen LogP contribution in [0.2, 0.25) is 5.02 Å². The van der Waals surface area contributed by atoms with Crippen LogP contribution in [-0.2, 0) is 11.2 Å². The minimum Gasteiger partial charge on any atom is -0.383 e. The average molecular weight is 228 g/mol. The van der Waals surface area contributed by atoms with Crippen LogP contribution < -0.4 is 5.73 Å². The summed E-state index contributed by atoms with van der Waals surface area (Å²) in [6, 6.07) is 7.80. The number of ether oxygens (including phenoxy) is 1. The highest BCUT2D eigenvalue weighted by Crippen LogP contribution is 2.21. The summed E-state index contributed by atoms with van der Waals surface area (Å²) in [6.07, 6.45) is 1.61. The first-order chi connectivity index (χ1) is 7.11. The van der Waals surface area contributed by atoms with E-state index in [0.717, 1.165) is 23.4 Å². The summed E-state index contributed by atoms with van der Waals surface area (Å²) in [7, 11) is 1.67. The quantitative estimate of drug-likeness (QED) is 0.840. The Morgan fingerprint density at radius 3 is 2.60 bits per heavy atom. The Balaban J connectivity index is 2.79. The molecular weight excluding hydrogens is 210 g/mol. The molecule has 1 rings (SSSR count). The van der Waals surface area contributed by atoms with E-state index in [9.17, 15) is 0 Å². The Bertz CT molecular complexity index is 316. The van der Waals surface area contributed by atoms with Gasteiger partial charge < -0.3 is 10.5 Å². The van der Waals surface area contributed by atoms with Gasteiger partial charge in [-0.3, -0.25) is 0 Å². The Morgan fingerprint density at radius 2 is 2.07 bits per heavy atom. The van der Waals surface area contributed by atoms with Crippen molar-refractivity contribution in [2.45, 2.75) is 25.3 Å². The van der Waals surface area contributed by atoms with E-state index in [1.165, 1.54) is 0 Å². The fourth-order valence-electron chi connectivity index (χ4n) is 1.59. The normalized spacial score (nSPS) is 14.9. The maximum atomic E-state index is 6.23. The summed E-state index contributed by atoms with van der Waals surface area (Å²) < 4.78 is 5.14. The molecule has 0 bridgehead atoms. The van der Waals surface area contributed by atoms with Gasteiger partial charge in [-0.25, -0.2) is 0 Å². The monoisotopic (exact) mass is 227 g/mol. The zero-order valence-corrected chi connectivity index (χ0v) is 10.1. The first kappa shape index (κ1) is 12.5. The van der Waals surface area contributed by atoms with E-state index in [1.807, 2.05) is 24.3 Å². The zero-order chi connectivity index (χ0) is 11.3. The number of halogens is 1. The Labute approximate surface area is 96.4 Å². The molecule has 0 heterocycles. The van der Waals surface area contributed by atoms with Crippen molar-refractivity contribution in [1.82, 2.24) is 0 Å². The minimum absolute atomic E-state index is 0.320. The fraction of sp³-hybridized carbons (Fsp3) is 0.500. The van der Waals surface area contributed by atoms with Gasteiger partial charge in [0.1, 0.15) is 0 Å². The summed E-state index contributed by atoms with van der Waals surface area (Å²) >= 11 is 6.09. The maximum absolute atomic E-state index is 6.23. The van der Waals surface area contributed by atoms with Crippen molar-refractivity contribution >= 4 is 11.6 Å². The standard InChI is InChI=1S/C12H18ClNO/c1-3-12(14,9-15-2)8-10-6-4-5-7-11(10)13/h4-7H,3,8-9,14H2,1-2H3. The van der Waals surface area contributed by atoms with Crippen molar-refractivity contribution in [2.75, 3.05) is 13.7 Å². The molecule has 2 N–H and O–H groups in total. The second kappa shape index (κ2) is 5.50. The molecule has 0 amide bonds. The summed E-state index contributed by atoms with van der Waals surface area (Å²) in [5.41, 5.74) is 6.99. The molecule has 0 aromatic heterocycles. The van der Waals surface area contributed by atoms with E-state index in [4.69, 9.17) is 22.1 Å². The van der Waals surface area contributed by atoms with E-state index in [-0.39, 0.29) is 5.54 Å². The molecule has 0 saturated carbocycles. The van der Waals surface area contributed by atoms with Crippen molar-refractivity contribution in [3.8, 4) is 0 Å². The lowest BCUT2D eigenvalue weighted by Crippen LogP contribution is -2.45. The first-order valence-corrected chi connectivity index (χ1v) is 5.50. The molecule has 1 aromatic rings. The van der Waals surface area contributed by atoms with Gasteiger partial charge in [0.2, 0.25) is 0 Å². The molecule has 15 heavy (non-hydrogen) atoms. The van der Waals surface area contributed by atoms with Crippen LogP contribution in [0.4, 0.5) is 0 Å². The predicted octanol–water partition coefficient (Wildman–Crippen LogP) is 2.64. The summed E-state index contributed by atoms with van der Waals surface area (Å²) in [4.78, 5) is 0. The Kier molecular flexibility index (Phi) is 4.58. The van der Waals surface area contributed by atoms with Crippen molar-refractivity contribution in [1.29, 1.82) is 0 Å². The van der Waals surface area contributed by atoms with E-state index in [2.05, 4.69) is 6.92 Å². The summed E-state index contributed by atoms with van der Waals surface area (Å²) in [5, 5.41) is 0.775. The lowest BCUT2D eigenvalue weighted by atomic mass is 9.90. The minimum atomic E-state index is -0.320. The predicted molar refractivity (Wildman–Crippen MR) is 64.2 cm³/mol. The van der Waals surface area contributed by atoms with Crippen LogP contribution in [0.5, 0.6) is 0 Å². The fourth-order valence-corrected chi connectivity index (χ4v) is 1.79. The van der Waals surface area contributed by atoms with Crippen molar-refractivity contribution in [3.63, 3.8) is 0 Å². The SMILES string of the molecule is CCC(N)(COC)Cc1ccccc1Cl. The zero-order valence-electron chi connectivity index (χ0n) is 9.29. The number of hydrogen-bond donors (Lipinski definition) is 1. The number of rotatable bonds is 5. The molecule has 84 valence electrons. The van der Waals surface area contributed by atoms with Gasteiger partial charge in [-0.2, -0.15) is 0 Å². The van der Waals surface area contributed by atoms with E-state index < -0.39 is 0 Å². The molecule has 1 unspecified atom stereocenters. The molecule has 2 nitrogen and oxygen atoms in total. The second-order valence-corrected chi connectivity index (χ2v) is 4.32. The number of hydrogen-bond acceptors (Lipinski definition) is 2. The smallest absolute Gasteiger partial charge is 0.0645 e. The average Bonchev–Trinajstić information content (AvgIpc) is 2.22. The molecule has 0 aliphatic carbocycles.